The van der Waals surface area contributed by atoms with Crippen molar-refractivity contribution >= 4 is 31.7 Å². The molecule has 106 valence electrons. The zero-order valence-corrected chi connectivity index (χ0v) is 13.0. The number of rotatable bonds is 4. The number of nitrogens with zero attached hydrogens (tertiary/aromatic N) is 1. The first-order valence-electron chi connectivity index (χ1n) is 5.93. The second-order valence-corrected chi connectivity index (χ2v) is 8.01. The average Bonchev–Trinajstić information content (AvgIpc) is 3.11. The SMILES string of the molecule is CCS(=O)(=O)[C@@H]1[C@@H](c2ccc(Br)cc2)[C@]1(C#N)C(=O)O. The van der Waals surface area contributed by atoms with Crippen molar-refractivity contribution in [1.82, 2.24) is 0 Å². The Morgan fingerprint density at radius 1 is 1.45 bits per heavy atom. The lowest BCUT2D eigenvalue weighted by Gasteiger charge is -2.02. The molecule has 1 aliphatic carbocycles. The first kappa shape index (κ1) is 15.0. The minimum atomic E-state index is -3.61. The van der Waals surface area contributed by atoms with Crippen LogP contribution in [0.4, 0.5) is 0 Å². The summed E-state index contributed by atoms with van der Waals surface area (Å²) in [5.74, 6) is -2.38. The normalized spacial score (nSPS) is 28.6. The molecule has 5 nitrogen and oxygen atoms in total. The van der Waals surface area contributed by atoms with Crippen molar-refractivity contribution in [3.05, 3.63) is 34.3 Å². The lowest BCUT2D eigenvalue weighted by molar-refractivity contribution is -0.141. The highest BCUT2D eigenvalue weighted by Gasteiger charge is 2.76. The fraction of sp³-hybridized carbons (Fsp3) is 0.385. The van der Waals surface area contributed by atoms with Crippen molar-refractivity contribution in [2.24, 2.45) is 5.41 Å². The van der Waals surface area contributed by atoms with Crippen molar-refractivity contribution in [2.45, 2.75) is 18.1 Å². The van der Waals surface area contributed by atoms with Crippen LogP contribution in [0.5, 0.6) is 0 Å². The van der Waals surface area contributed by atoms with E-state index in [0.29, 0.717) is 5.56 Å². The summed E-state index contributed by atoms with van der Waals surface area (Å²) < 4.78 is 24.9. The third-order valence-corrected chi connectivity index (χ3v) is 6.44. The fourth-order valence-electron chi connectivity index (χ4n) is 2.57. The average molecular weight is 358 g/mol. The topological polar surface area (TPSA) is 95.2 Å². The summed E-state index contributed by atoms with van der Waals surface area (Å²) in [4.78, 5) is 11.4. The van der Waals surface area contributed by atoms with Gasteiger partial charge in [-0.15, -0.1) is 0 Å². The van der Waals surface area contributed by atoms with E-state index in [4.69, 9.17) is 0 Å². The van der Waals surface area contributed by atoms with E-state index in [9.17, 15) is 23.6 Å². The summed E-state index contributed by atoms with van der Waals surface area (Å²) in [6.45, 7) is 1.45. The Hall–Kier alpha value is -1.39. The maximum Gasteiger partial charge on any atom is 0.326 e. The number of aliphatic carboxylic acids is 1. The van der Waals surface area contributed by atoms with Gasteiger partial charge in [0, 0.05) is 16.1 Å². The maximum absolute atomic E-state index is 12.1. The van der Waals surface area contributed by atoms with Gasteiger partial charge >= 0.3 is 5.97 Å². The lowest BCUT2D eigenvalue weighted by atomic mass is 10.0. The Bertz CT molecular complexity index is 692. The van der Waals surface area contributed by atoms with Gasteiger partial charge < -0.3 is 5.11 Å². The van der Waals surface area contributed by atoms with Crippen molar-refractivity contribution in [1.29, 1.82) is 5.26 Å². The Kier molecular flexibility index (Phi) is 3.65. The molecule has 0 amide bonds. The highest BCUT2D eigenvalue weighted by atomic mass is 79.9. The molecule has 20 heavy (non-hydrogen) atoms. The molecule has 0 heterocycles. The van der Waals surface area contributed by atoms with E-state index in [1.165, 1.54) is 6.92 Å². The fourth-order valence-corrected chi connectivity index (χ4v) is 4.77. The van der Waals surface area contributed by atoms with E-state index in [2.05, 4.69) is 15.9 Å². The summed E-state index contributed by atoms with van der Waals surface area (Å²) in [6.07, 6.45) is 0. The van der Waals surface area contributed by atoms with Gasteiger partial charge in [0.05, 0.1) is 6.07 Å². The Morgan fingerprint density at radius 2 is 2.00 bits per heavy atom. The number of hydrogen-bond acceptors (Lipinski definition) is 4. The molecule has 0 spiro atoms. The number of carbonyl (C=O) groups is 1. The summed E-state index contributed by atoms with van der Waals surface area (Å²) in [5.41, 5.74) is -1.32. The van der Waals surface area contributed by atoms with Crippen LogP contribution in [-0.2, 0) is 14.6 Å². The third-order valence-electron chi connectivity index (χ3n) is 3.69. The maximum atomic E-state index is 12.1. The van der Waals surface area contributed by atoms with Gasteiger partial charge in [-0.2, -0.15) is 5.26 Å². The Balaban J connectivity index is 2.54. The third kappa shape index (κ3) is 2.03. The van der Waals surface area contributed by atoms with Crippen molar-refractivity contribution in [2.75, 3.05) is 5.75 Å². The van der Waals surface area contributed by atoms with Gasteiger partial charge in [-0.25, -0.2) is 8.42 Å². The quantitative estimate of drug-likeness (QED) is 0.888. The molecular weight excluding hydrogens is 346 g/mol. The summed E-state index contributed by atoms with van der Waals surface area (Å²) in [6, 6.07) is 8.41. The molecular formula is C13H12BrNO4S. The van der Waals surface area contributed by atoms with Crippen LogP contribution in [-0.4, -0.2) is 30.5 Å². The molecule has 7 heteroatoms. The van der Waals surface area contributed by atoms with Gasteiger partial charge in [0.2, 0.25) is 0 Å². The molecule has 0 bridgehead atoms. The molecule has 0 radical (unpaired) electrons. The smallest absolute Gasteiger partial charge is 0.326 e. The van der Waals surface area contributed by atoms with Crippen LogP contribution in [0.1, 0.15) is 18.4 Å². The van der Waals surface area contributed by atoms with E-state index in [0.717, 1.165) is 4.47 Å². The number of carboxylic acid groups (broad SMARTS) is 1. The molecule has 1 aliphatic rings. The Morgan fingerprint density at radius 3 is 2.40 bits per heavy atom. The van der Waals surface area contributed by atoms with Crippen LogP contribution >= 0.6 is 15.9 Å². The van der Waals surface area contributed by atoms with Crippen LogP contribution in [0.15, 0.2) is 28.7 Å². The predicted molar refractivity (Wildman–Crippen MR) is 75.8 cm³/mol. The number of nitriles is 1. The van der Waals surface area contributed by atoms with Crippen LogP contribution in [0, 0.1) is 16.7 Å². The minimum Gasteiger partial charge on any atom is -0.480 e. The molecule has 0 aliphatic heterocycles. The molecule has 0 saturated heterocycles. The van der Waals surface area contributed by atoms with E-state index >= 15 is 0 Å². The number of sulfone groups is 1. The summed E-state index contributed by atoms with van der Waals surface area (Å²) in [7, 11) is -3.61. The number of halogens is 1. The molecule has 0 aromatic heterocycles. The Labute approximate surface area is 125 Å². The second kappa shape index (κ2) is 4.86. The predicted octanol–water partition coefficient (Wildman–Crippen LogP) is 1.94. The highest BCUT2D eigenvalue weighted by molar-refractivity contribution is 9.10. The van der Waals surface area contributed by atoms with E-state index in [-0.39, 0.29) is 5.75 Å². The molecule has 1 aromatic carbocycles. The van der Waals surface area contributed by atoms with Crippen molar-refractivity contribution in [3.8, 4) is 6.07 Å². The molecule has 0 unspecified atom stereocenters. The van der Waals surface area contributed by atoms with Crippen LogP contribution < -0.4 is 0 Å². The molecule has 2 rings (SSSR count). The molecule has 1 N–H and O–H groups in total. The van der Waals surface area contributed by atoms with Gasteiger partial charge in [0.25, 0.3) is 0 Å². The standard InChI is InChI=1S/C13H12BrNO4S/c1-2-20(18,19)11-10(13(11,7-15)12(16)17)8-3-5-9(14)6-4-8/h3-6,10-11H,2H2,1H3,(H,16,17)/t10-,11-,13+/m1/s1. The van der Waals surface area contributed by atoms with Gasteiger partial charge in [0.1, 0.15) is 5.25 Å². The largest absolute Gasteiger partial charge is 0.480 e. The zero-order chi connectivity index (χ0) is 15.1. The second-order valence-electron chi connectivity index (χ2n) is 4.69. The van der Waals surface area contributed by atoms with Crippen molar-refractivity contribution in [3.63, 3.8) is 0 Å². The number of carboxylic acids is 1. The van der Waals surface area contributed by atoms with Crippen LogP contribution in [0.3, 0.4) is 0 Å². The lowest BCUT2D eigenvalue weighted by Crippen LogP contribution is -2.23. The monoisotopic (exact) mass is 357 g/mol. The first-order chi connectivity index (χ1) is 9.31. The highest BCUT2D eigenvalue weighted by Crippen LogP contribution is 2.63. The van der Waals surface area contributed by atoms with Gasteiger partial charge in [0.15, 0.2) is 15.3 Å². The number of hydrogen-bond donors (Lipinski definition) is 1. The van der Waals surface area contributed by atoms with Crippen molar-refractivity contribution < 1.29 is 18.3 Å². The molecule has 1 saturated carbocycles. The van der Waals surface area contributed by atoms with E-state index in [1.807, 2.05) is 0 Å². The molecule has 1 aromatic rings. The molecule has 3 atom stereocenters. The minimum absolute atomic E-state index is 0.179. The van der Waals surface area contributed by atoms with Crippen LogP contribution in [0.2, 0.25) is 0 Å². The van der Waals surface area contributed by atoms with Gasteiger partial charge in [-0.1, -0.05) is 35.0 Å². The summed E-state index contributed by atoms with van der Waals surface area (Å²) >= 11 is 3.26. The number of benzene rings is 1. The summed E-state index contributed by atoms with van der Waals surface area (Å²) in [5, 5.41) is 17.4. The zero-order valence-electron chi connectivity index (χ0n) is 10.6. The van der Waals surface area contributed by atoms with Gasteiger partial charge in [-0.05, 0) is 17.7 Å². The van der Waals surface area contributed by atoms with Crippen LogP contribution in [0.25, 0.3) is 0 Å². The van der Waals surface area contributed by atoms with E-state index in [1.54, 1.807) is 30.3 Å². The van der Waals surface area contributed by atoms with Gasteiger partial charge in [-0.3, -0.25) is 4.79 Å². The molecule has 1 fully saturated rings. The van der Waals surface area contributed by atoms with E-state index < -0.39 is 32.4 Å². The first-order valence-corrected chi connectivity index (χ1v) is 8.43.